The maximum Gasteiger partial charge on any atom is 0.216 e. The maximum absolute atomic E-state index is 5.41. The highest BCUT2D eigenvalue weighted by molar-refractivity contribution is 5.33. The third kappa shape index (κ3) is 1.43. The van der Waals surface area contributed by atoms with Crippen LogP contribution in [0.5, 0.6) is 0 Å². The van der Waals surface area contributed by atoms with Gasteiger partial charge in [0.05, 0.1) is 6.20 Å². The second-order valence-electron chi connectivity index (χ2n) is 2.95. The SMILES string of the molecule is Cc1ncc(N2CCNCC2)o1. The van der Waals surface area contributed by atoms with Crippen LogP contribution in [0.3, 0.4) is 0 Å². The summed E-state index contributed by atoms with van der Waals surface area (Å²) in [5, 5.41) is 3.29. The molecule has 1 saturated heterocycles. The summed E-state index contributed by atoms with van der Waals surface area (Å²) in [7, 11) is 0. The number of hydrogen-bond acceptors (Lipinski definition) is 4. The van der Waals surface area contributed by atoms with Crippen LogP contribution in [-0.4, -0.2) is 31.2 Å². The van der Waals surface area contributed by atoms with Crippen LogP contribution in [0.1, 0.15) is 5.89 Å². The Labute approximate surface area is 71.6 Å². The Morgan fingerprint density at radius 2 is 2.25 bits per heavy atom. The van der Waals surface area contributed by atoms with Gasteiger partial charge in [-0.05, 0) is 0 Å². The molecule has 0 atom stereocenters. The molecule has 1 aromatic heterocycles. The molecule has 0 spiro atoms. The predicted molar refractivity (Wildman–Crippen MR) is 46.3 cm³/mol. The Hall–Kier alpha value is -1.03. The first kappa shape index (κ1) is 7.61. The summed E-state index contributed by atoms with van der Waals surface area (Å²) in [6.45, 7) is 5.94. The Balaban J connectivity index is 2.08. The smallest absolute Gasteiger partial charge is 0.216 e. The van der Waals surface area contributed by atoms with Gasteiger partial charge >= 0.3 is 0 Å². The molecule has 4 nitrogen and oxygen atoms in total. The quantitative estimate of drug-likeness (QED) is 0.657. The molecule has 1 aromatic rings. The van der Waals surface area contributed by atoms with E-state index in [1.165, 1.54) is 0 Å². The zero-order chi connectivity index (χ0) is 8.39. The number of piperazine rings is 1. The van der Waals surface area contributed by atoms with E-state index in [1.807, 2.05) is 6.92 Å². The van der Waals surface area contributed by atoms with Gasteiger partial charge in [-0.15, -0.1) is 0 Å². The molecule has 0 amide bonds. The monoisotopic (exact) mass is 167 g/mol. The highest BCUT2D eigenvalue weighted by Crippen LogP contribution is 2.14. The molecule has 1 fully saturated rings. The number of oxazole rings is 1. The van der Waals surface area contributed by atoms with Crippen molar-refractivity contribution in [3.63, 3.8) is 0 Å². The fourth-order valence-electron chi connectivity index (χ4n) is 1.38. The van der Waals surface area contributed by atoms with E-state index in [9.17, 15) is 0 Å². The molecule has 66 valence electrons. The lowest BCUT2D eigenvalue weighted by Gasteiger charge is -2.26. The number of aryl methyl sites for hydroxylation is 1. The van der Waals surface area contributed by atoms with Crippen LogP contribution in [0.2, 0.25) is 0 Å². The van der Waals surface area contributed by atoms with Crippen LogP contribution in [0, 0.1) is 6.92 Å². The molecule has 2 heterocycles. The summed E-state index contributed by atoms with van der Waals surface area (Å²) >= 11 is 0. The molecule has 0 radical (unpaired) electrons. The van der Waals surface area contributed by atoms with Gasteiger partial charge in [0.15, 0.2) is 5.89 Å². The molecule has 1 N–H and O–H groups in total. The van der Waals surface area contributed by atoms with Crippen molar-refractivity contribution >= 4 is 5.88 Å². The molecule has 0 saturated carbocycles. The third-order valence-electron chi connectivity index (χ3n) is 2.04. The number of hydrogen-bond donors (Lipinski definition) is 1. The number of nitrogens with zero attached hydrogens (tertiary/aromatic N) is 2. The fraction of sp³-hybridized carbons (Fsp3) is 0.625. The number of rotatable bonds is 1. The van der Waals surface area contributed by atoms with Gasteiger partial charge in [0, 0.05) is 33.1 Å². The molecule has 0 unspecified atom stereocenters. The predicted octanol–water partition coefficient (Wildman–Crippen LogP) is 0.393. The first-order valence-electron chi connectivity index (χ1n) is 4.24. The van der Waals surface area contributed by atoms with Crippen LogP contribution in [0.4, 0.5) is 5.88 Å². The lowest BCUT2D eigenvalue weighted by atomic mass is 10.4. The normalized spacial score (nSPS) is 18.2. The van der Waals surface area contributed by atoms with E-state index in [2.05, 4.69) is 15.2 Å². The molecule has 2 rings (SSSR count). The van der Waals surface area contributed by atoms with Crippen LogP contribution in [0.25, 0.3) is 0 Å². The number of nitrogens with one attached hydrogen (secondary N) is 1. The summed E-state index contributed by atoms with van der Waals surface area (Å²) in [5.41, 5.74) is 0. The third-order valence-corrected chi connectivity index (χ3v) is 2.04. The molecule has 0 aromatic carbocycles. The summed E-state index contributed by atoms with van der Waals surface area (Å²) in [4.78, 5) is 6.27. The van der Waals surface area contributed by atoms with Gasteiger partial charge in [0.1, 0.15) is 0 Å². The highest BCUT2D eigenvalue weighted by atomic mass is 16.4. The minimum atomic E-state index is 0.739. The zero-order valence-electron chi connectivity index (χ0n) is 7.21. The van der Waals surface area contributed by atoms with E-state index in [0.29, 0.717) is 0 Å². The Kier molecular flexibility index (Phi) is 1.99. The maximum atomic E-state index is 5.41. The fourth-order valence-corrected chi connectivity index (χ4v) is 1.38. The van der Waals surface area contributed by atoms with Crippen LogP contribution >= 0.6 is 0 Å². The lowest BCUT2D eigenvalue weighted by molar-refractivity contribution is 0.484. The van der Waals surface area contributed by atoms with Gasteiger partial charge in [-0.3, -0.25) is 0 Å². The van der Waals surface area contributed by atoms with E-state index in [-0.39, 0.29) is 0 Å². The Morgan fingerprint density at radius 3 is 2.83 bits per heavy atom. The first-order valence-corrected chi connectivity index (χ1v) is 4.24. The van der Waals surface area contributed by atoms with Crippen LogP contribution in [-0.2, 0) is 0 Å². The standard InChI is InChI=1S/C8H13N3O/c1-7-10-6-8(12-7)11-4-2-9-3-5-11/h6,9H,2-5H2,1H3. The van der Waals surface area contributed by atoms with Gasteiger partial charge in [0.2, 0.25) is 5.88 Å². The average molecular weight is 167 g/mol. The van der Waals surface area contributed by atoms with Gasteiger partial charge in [-0.2, -0.15) is 0 Å². The molecular weight excluding hydrogens is 154 g/mol. The molecule has 1 aliphatic heterocycles. The largest absolute Gasteiger partial charge is 0.425 e. The molecule has 0 bridgehead atoms. The summed E-state index contributed by atoms with van der Waals surface area (Å²) in [6.07, 6.45) is 1.79. The Morgan fingerprint density at radius 1 is 1.50 bits per heavy atom. The van der Waals surface area contributed by atoms with Gasteiger partial charge < -0.3 is 14.6 Å². The first-order chi connectivity index (χ1) is 5.86. The van der Waals surface area contributed by atoms with E-state index >= 15 is 0 Å². The Bertz CT molecular complexity index is 253. The number of aromatic nitrogens is 1. The van der Waals surface area contributed by atoms with Gasteiger partial charge in [-0.25, -0.2) is 4.98 Å². The van der Waals surface area contributed by atoms with Crippen molar-refractivity contribution in [3.05, 3.63) is 12.1 Å². The minimum Gasteiger partial charge on any atom is -0.425 e. The second kappa shape index (κ2) is 3.15. The van der Waals surface area contributed by atoms with Gasteiger partial charge in [0.25, 0.3) is 0 Å². The molecule has 0 aliphatic carbocycles. The van der Waals surface area contributed by atoms with E-state index in [1.54, 1.807) is 6.20 Å². The molecule has 1 aliphatic rings. The van der Waals surface area contributed by atoms with Crippen molar-refractivity contribution < 1.29 is 4.42 Å². The van der Waals surface area contributed by atoms with Gasteiger partial charge in [-0.1, -0.05) is 0 Å². The average Bonchev–Trinajstić information content (AvgIpc) is 2.54. The minimum absolute atomic E-state index is 0.739. The van der Waals surface area contributed by atoms with E-state index in [0.717, 1.165) is 38.0 Å². The van der Waals surface area contributed by atoms with Crippen molar-refractivity contribution in [1.82, 2.24) is 10.3 Å². The second-order valence-corrected chi connectivity index (χ2v) is 2.95. The number of anilines is 1. The molecular formula is C8H13N3O. The van der Waals surface area contributed by atoms with Crippen LogP contribution in [0.15, 0.2) is 10.6 Å². The lowest BCUT2D eigenvalue weighted by Crippen LogP contribution is -2.43. The van der Waals surface area contributed by atoms with Crippen molar-refractivity contribution in [2.75, 3.05) is 31.1 Å². The van der Waals surface area contributed by atoms with E-state index < -0.39 is 0 Å². The summed E-state index contributed by atoms with van der Waals surface area (Å²) in [6, 6.07) is 0. The topological polar surface area (TPSA) is 41.3 Å². The van der Waals surface area contributed by atoms with Crippen molar-refractivity contribution in [2.24, 2.45) is 0 Å². The van der Waals surface area contributed by atoms with Crippen LogP contribution < -0.4 is 10.2 Å². The molecule has 4 heteroatoms. The van der Waals surface area contributed by atoms with Crippen molar-refractivity contribution in [3.8, 4) is 0 Å². The summed E-state index contributed by atoms with van der Waals surface area (Å²) in [5.74, 6) is 1.64. The van der Waals surface area contributed by atoms with Crippen molar-refractivity contribution in [1.29, 1.82) is 0 Å². The van der Waals surface area contributed by atoms with E-state index in [4.69, 9.17) is 4.42 Å². The van der Waals surface area contributed by atoms with Crippen molar-refractivity contribution in [2.45, 2.75) is 6.92 Å². The summed E-state index contributed by atoms with van der Waals surface area (Å²) < 4.78 is 5.41. The zero-order valence-corrected chi connectivity index (χ0v) is 7.21. The molecule has 12 heavy (non-hydrogen) atoms. The highest BCUT2D eigenvalue weighted by Gasteiger charge is 2.13.